The molecule has 0 spiro atoms. The number of carbonyl (C=O) groups excluding carboxylic acids is 2. The van der Waals surface area contributed by atoms with Crippen molar-refractivity contribution >= 4 is 11.8 Å². The SMILES string of the molecule is CCC/C(C)=C/C=C(\C)C(=O)c1c(O)cc(C(C)CC/C=C/C(=O)OC)oc1=O. The lowest BCUT2D eigenvalue weighted by Gasteiger charge is -2.11. The van der Waals surface area contributed by atoms with Gasteiger partial charge in [-0.1, -0.05) is 44.1 Å². The van der Waals surface area contributed by atoms with Crippen molar-refractivity contribution in [3.05, 3.63) is 63.3 Å². The van der Waals surface area contributed by atoms with E-state index in [0.29, 0.717) is 18.4 Å². The van der Waals surface area contributed by atoms with Crippen LogP contribution in [0.4, 0.5) is 0 Å². The van der Waals surface area contributed by atoms with Gasteiger partial charge in [0.1, 0.15) is 17.1 Å². The molecule has 0 aliphatic carbocycles. The number of methoxy groups -OCH3 is 1. The predicted molar refractivity (Wildman–Crippen MR) is 112 cm³/mol. The Hall–Kier alpha value is -2.89. The summed E-state index contributed by atoms with van der Waals surface area (Å²) in [6.45, 7) is 7.47. The van der Waals surface area contributed by atoms with Crippen LogP contribution in [0.2, 0.25) is 0 Å². The average molecular weight is 402 g/mol. The summed E-state index contributed by atoms with van der Waals surface area (Å²) in [5.41, 5.74) is 0.254. The predicted octanol–water partition coefficient (Wildman–Crippen LogP) is 4.83. The van der Waals surface area contributed by atoms with Crippen LogP contribution >= 0.6 is 0 Å². The summed E-state index contributed by atoms with van der Waals surface area (Å²) < 4.78 is 9.80. The van der Waals surface area contributed by atoms with Crippen molar-refractivity contribution in [3.8, 4) is 5.75 Å². The van der Waals surface area contributed by atoms with Crippen LogP contribution in [0, 0.1) is 0 Å². The zero-order valence-electron chi connectivity index (χ0n) is 17.8. The van der Waals surface area contributed by atoms with E-state index in [4.69, 9.17) is 4.42 Å². The summed E-state index contributed by atoms with van der Waals surface area (Å²) in [6, 6.07) is 1.31. The number of aromatic hydroxyl groups is 1. The number of hydrogen-bond donors (Lipinski definition) is 1. The minimum Gasteiger partial charge on any atom is -0.507 e. The Bertz CT molecular complexity index is 870. The molecule has 0 aliphatic heterocycles. The number of ether oxygens (including phenoxy) is 1. The molecule has 0 saturated heterocycles. The highest BCUT2D eigenvalue weighted by molar-refractivity contribution is 6.09. The lowest BCUT2D eigenvalue weighted by Crippen LogP contribution is -2.16. The van der Waals surface area contributed by atoms with Crippen molar-refractivity contribution < 1.29 is 23.8 Å². The first-order valence-electron chi connectivity index (χ1n) is 9.71. The number of Topliss-reactive ketones (excluding diaryl/α,β-unsaturated/α-hetero) is 1. The van der Waals surface area contributed by atoms with Crippen molar-refractivity contribution in [2.24, 2.45) is 0 Å². The van der Waals surface area contributed by atoms with Crippen molar-refractivity contribution in [2.45, 2.75) is 59.3 Å². The van der Waals surface area contributed by atoms with Gasteiger partial charge in [-0.25, -0.2) is 9.59 Å². The highest BCUT2D eigenvalue weighted by Gasteiger charge is 2.21. The lowest BCUT2D eigenvalue weighted by molar-refractivity contribution is -0.134. The Morgan fingerprint density at radius 3 is 2.55 bits per heavy atom. The highest BCUT2D eigenvalue weighted by atomic mass is 16.5. The van der Waals surface area contributed by atoms with Crippen LogP contribution in [-0.2, 0) is 9.53 Å². The fourth-order valence-electron chi connectivity index (χ4n) is 2.70. The average Bonchev–Trinajstić information content (AvgIpc) is 2.68. The van der Waals surface area contributed by atoms with Crippen LogP contribution in [0.5, 0.6) is 5.75 Å². The summed E-state index contributed by atoms with van der Waals surface area (Å²) in [7, 11) is 1.30. The van der Waals surface area contributed by atoms with Crippen LogP contribution in [0.15, 0.2) is 50.7 Å². The fourth-order valence-corrected chi connectivity index (χ4v) is 2.70. The monoisotopic (exact) mass is 402 g/mol. The first kappa shape index (κ1) is 24.1. The third-order valence-electron chi connectivity index (χ3n) is 4.50. The van der Waals surface area contributed by atoms with Gasteiger partial charge in [-0.05, 0) is 38.7 Å². The van der Waals surface area contributed by atoms with E-state index in [2.05, 4.69) is 11.7 Å². The molecule has 1 unspecified atom stereocenters. The molecule has 0 amide bonds. The van der Waals surface area contributed by atoms with Gasteiger partial charge in [-0.3, -0.25) is 4.79 Å². The Morgan fingerprint density at radius 1 is 1.28 bits per heavy atom. The van der Waals surface area contributed by atoms with Crippen LogP contribution in [0.1, 0.15) is 75.4 Å². The number of carbonyl (C=O) groups is 2. The molecule has 0 bridgehead atoms. The number of allylic oxidation sites excluding steroid dienone is 5. The van der Waals surface area contributed by atoms with E-state index >= 15 is 0 Å². The van der Waals surface area contributed by atoms with Crippen molar-refractivity contribution in [2.75, 3.05) is 7.11 Å². The molecule has 0 radical (unpaired) electrons. The van der Waals surface area contributed by atoms with E-state index in [1.165, 1.54) is 19.3 Å². The van der Waals surface area contributed by atoms with Gasteiger partial charge in [0, 0.05) is 18.1 Å². The minimum atomic E-state index is -0.857. The summed E-state index contributed by atoms with van der Waals surface area (Å²) in [5, 5.41) is 10.3. The van der Waals surface area contributed by atoms with Gasteiger partial charge < -0.3 is 14.3 Å². The maximum atomic E-state index is 12.6. The van der Waals surface area contributed by atoms with Gasteiger partial charge in [0.15, 0.2) is 5.78 Å². The molecule has 6 heteroatoms. The van der Waals surface area contributed by atoms with Gasteiger partial charge in [0.05, 0.1) is 7.11 Å². The Labute approximate surface area is 171 Å². The van der Waals surface area contributed by atoms with Gasteiger partial charge in [-0.2, -0.15) is 0 Å². The molecule has 1 aromatic heterocycles. The number of rotatable bonds is 10. The van der Waals surface area contributed by atoms with E-state index in [1.807, 2.05) is 19.9 Å². The normalized spacial score (nSPS) is 13.6. The molecule has 1 atom stereocenters. The molecule has 0 aliphatic rings. The van der Waals surface area contributed by atoms with Gasteiger partial charge >= 0.3 is 11.6 Å². The second-order valence-electron chi connectivity index (χ2n) is 7.04. The largest absolute Gasteiger partial charge is 0.507 e. The first-order chi connectivity index (χ1) is 13.7. The smallest absolute Gasteiger partial charge is 0.351 e. The second-order valence-corrected chi connectivity index (χ2v) is 7.04. The van der Waals surface area contributed by atoms with Gasteiger partial charge in [-0.15, -0.1) is 0 Å². The standard InChI is InChI=1S/C23H30O6/c1-6-9-15(2)12-13-17(4)22(26)21-18(24)14-19(29-23(21)27)16(3)10-7-8-11-20(25)28-5/h8,11-14,16,24H,6-7,9-10H2,1-5H3/b11-8+,15-12+,17-13+. The fraction of sp³-hybridized carbons (Fsp3) is 0.435. The summed E-state index contributed by atoms with van der Waals surface area (Å²) >= 11 is 0. The Kier molecular flexibility index (Phi) is 9.86. The number of hydrogen-bond acceptors (Lipinski definition) is 6. The molecule has 0 saturated carbocycles. The van der Waals surface area contributed by atoms with E-state index in [0.717, 1.165) is 18.4 Å². The highest BCUT2D eigenvalue weighted by Crippen LogP contribution is 2.26. The molecular weight excluding hydrogens is 372 g/mol. The van der Waals surface area contributed by atoms with Crippen LogP contribution in [0.3, 0.4) is 0 Å². The minimum absolute atomic E-state index is 0.184. The molecule has 6 nitrogen and oxygen atoms in total. The Morgan fingerprint density at radius 2 is 1.97 bits per heavy atom. The molecular formula is C23H30O6. The molecule has 0 fully saturated rings. The van der Waals surface area contributed by atoms with Crippen LogP contribution < -0.4 is 5.63 Å². The van der Waals surface area contributed by atoms with Crippen molar-refractivity contribution in [1.82, 2.24) is 0 Å². The van der Waals surface area contributed by atoms with Crippen molar-refractivity contribution in [1.29, 1.82) is 0 Å². The molecule has 1 heterocycles. The van der Waals surface area contributed by atoms with Gasteiger partial charge in [0.25, 0.3) is 0 Å². The van der Waals surface area contributed by atoms with Crippen LogP contribution in [0.25, 0.3) is 0 Å². The van der Waals surface area contributed by atoms with Crippen molar-refractivity contribution in [3.63, 3.8) is 0 Å². The Balaban J connectivity index is 2.97. The molecule has 1 aromatic rings. The number of ketones is 1. The van der Waals surface area contributed by atoms with Crippen LogP contribution in [-0.4, -0.2) is 24.0 Å². The molecule has 29 heavy (non-hydrogen) atoms. The zero-order valence-corrected chi connectivity index (χ0v) is 17.8. The van der Waals surface area contributed by atoms with E-state index in [-0.39, 0.29) is 23.0 Å². The number of esters is 1. The summed E-state index contributed by atoms with van der Waals surface area (Å²) in [6.07, 6.45) is 9.56. The maximum Gasteiger partial charge on any atom is 0.351 e. The van der Waals surface area contributed by atoms with E-state index < -0.39 is 17.4 Å². The third-order valence-corrected chi connectivity index (χ3v) is 4.50. The quantitative estimate of drug-likeness (QED) is 0.261. The van der Waals surface area contributed by atoms with E-state index in [1.54, 1.807) is 19.1 Å². The summed E-state index contributed by atoms with van der Waals surface area (Å²) in [4.78, 5) is 36.0. The third kappa shape index (κ3) is 7.56. The molecule has 0 aromatic carbocycles. The zero-order chi connectivity index (χ0) is 22.0. The van der Waals surface area contributed by atoms with Gasteiger partial charge in [0.2, 0.25) is 0 Å². The second kappa shape index (κ2) is 11.8. The molecule has 1 N–H and O–H groups in total. The topological polar surface area (TPSA) is 93.8 Å². The lowest BCUT2D eigenvalue weighted by atomic mass is 9.99. The maximum absolute atomic E-state index is 12.6. The summed E-state index contributed by atoms with van der Waals surface area (Å²) in [5.74, 6) is -1.28. The first-order valence-corrected chi connectivity index (χ1v) is 9.71. The van der Waals surface area contributed by atoms with E-state index in [9.17, 15) is 19.5 Å². The molecule has 158 valence electrons. The molecule has 1 rings (SSSR count).